The molecule has 0 aliphatic carbocycles. The normalized spacial score (nSPS) is 16.6. The Morgan fingerprint density at radius 3 is 2.50 bits per heavy atom. The van der Waals surface area contributed by atoms with E-state index < -0.39 is 11.0 Å². The number of non-ortho nitro benzene ring substituents is 1. The highest BCUT2D eigenvalue weighted by Crippen LogP contribution is 2.19. The smallest absolute Gasteiger partial charge is 0.269 e. The number of nitrogens with zero attached hydrogens (tertiary/aromatic N) is 2. The lowest BCUT2D eigenvalue weighted by Gasteiger charge is -2.29. The Labute approximate surface area is 121 Å². The average molecular weight is 296 g/mol. The van der Waals surface area contributed by atoms with Gasteiger partial charge < -0.3 is 9.64 Å². The van der Waals surface area contributed by atoms with Gasteiger partial charge in [0.05, 0.1) is 4.92 Å². The molecule has 0 N–H and O–H groups in total. The highest BCUT2D eigenvalue weighted by molar-refractivity contribution is 7.99. The van der Waals surface area contributed by atoms with Gasteiger partial charge >= 0.3 is 0 Å². The Kier molecular flexibility index (Phi) is 4.84. The number of ether oxygens (including phenoxy) is 1. The third kappa shape index (κ3) is 3.63. The first-order valence-electron chi connectivity index (χ1n) is 6.35. The molecule has 1 amide bonds. The van der Waals surface area contributed by atoms with E-state index in [2.05, 4.69) is 0 Å². The van der Waals surface area contributed by atoms with E-state index in [1.54, 1.807) is 11.8 Å². The van der Waals surface area contributed by atoms with Crippen molar-refractivity contribution >= 4 is 23.4 Å². The molecular formula is C13H16N2O4S. The van der Waals surface area contributed by atoms with Gasteiger partial charge in [-0.3, -0.25) is 14.9 Å². The molecule has 2 rings (SSSR count). The van der Waals surface area contributed by atoms with Gasteiger partial charge in [0, 0.05) is 36.7 Å². The van der Waals surface area contributed by atoms with Crippen LogP contribution in [0.5, 0.6) is 5.75 Å². The summed E-state index contributed by atoms with van der Waals surface area (Å²) in [4.78, 5) is 24.0. The fraction of sp³-hybridized carbons (Fsp3) is 0.462. The number of rotatable bonds is 4. The number of thioether (sulfide) groups is 1. The molecule has 20 heavy (non-hydrogen) atoms. The molecule has 7 heteroatoms. The lowest BCUT2D eigenvalue weighted by atomic mass is 10.3. The molecule has 1 aliphatic heterocycles. The van der Waals surface area contributed by atoms with Crippen LogP contribution in [-0.4, -0.2) is 46.4 Å². The first-order chi connectivity index (χ1) is 9.58. The second-order valence-corrected chi connectivity index (χ2v) is 5.67. The molecular weight excluding hydrogens is 280 g/mol. The molecule has 1 fully saturated rings. The molecule has 1 atom stereocenters. The van der Waals surface area contributed by atoms with Crippen molar-refractivity contribution in [2.75, 3.05) is 24.6 Å². The first-order valence-corrected chi connectivity index (χ1v) is 7.51. The van der Waals surface area contributed by atoms with Crippen molar-refractivity contribution in [3.05, 3.63) is 34.4 Å². The molecule has 0 aromatic heterocycles. The Morgan fingerprint density at radius 2 is 1.95 bits per heavy atom. The molecule has 0 saturated carbocycles. The standard InChI is InChI=1S/C13H16N2O4S/c1-10(13(16)14-6-8-20-9-7-14)19-12-4-2-11(3-5-12)15(17)18/h2-5,10H,6-9H2,1H3/t10-/m1/s1. The van der Waals surface area contributed by atoms with Gasteiger partial charge in [-0.15, -0.1) is 0 Å². The zero-order valence-electron chi connectivity index (χ0n) is 11.2. The van der Waals surface area contributed by atoms with E-state index in [0.29, 0.717) is 5.75 Å². The van der Waals surface area contributed by atoms with E-state index in [4.69, 9.17) is 4.74 Å². The van der Waals surface area contributed by atoms with Gasteiger partial charge in [0.25, 0.3) is 11.6 Å². The SMILES string of the molecule is C[C@@H](Oc1ccc([N+](=O)[O-])cc1)C(=O)N1CCSCC1. The topological polar surface area (TPSA) is 72.7 Å². The van der Waals surface area contributed by atoms with E-state index in [-0.39, 0.29) is 11.6 Å². The predicted molar refractivity (Wildman–Crippen MR) is 77.1 cm³/mol. The largest absolute Gasteiger partial charge is 0.481 e. The molecule has 1 aromatic carbocycles. The number of amides is 1. The van der Waals surface area contributed by atoms with E-state index in [0.717, 1.165) is 24.6 Å². The summed E-state index contributed by atoms with van der Waals surface area (Å²) >= 11 is 1.84. The Hall–Kier alpha value is -1.76. The summed E-state index contributed by atoms with van der Waals surface area (Å²) in [5, 5.41) is 10.6. The Morgan fingerprint density at radius 1 is 1.35 bits per heavy atom. The number of carbonyl (C=O) groups excluding carboxylic acids is 1. The third-order valence-corrected chi connectivity index (χ3v) is 3.97. The summed E-state index contributed by atoms with van der Waals surface area (Å²) in [7, 11) is 0. The molecule has 0 bridgehead atoms. The second-order valence-electron chi connectivity index (χ2n) is 4.45. The van der Waals surface area contributed by atoms with Crippen molar-refractivity contribution < 1.29 is 14.5 Å². The number of nitro groups is 1. The van der Waals surface area contributed by atoms with Crippen molar-refractivity contribution in [1.29, 1.82) is 0 Å². The van der Waals surface area contributed by atoms with E-state index in [1.807, 2.05) is 11.8 Å². The molecule has 1 aliphatic rings. The van der Waals surface area contributed by atoms with Gasteiger partial charge in [-0.2, -0.15) is 11.8 Å². The summed E-state index contributed by atoms with van der Waals surface area (Å²) in [6.45, 7) is 3.19. The van der Waals surface area contributed by atoms with Gasteiger partial charge in [0.1, 0.15) is 5.75 Å². The molecule has 1 heterocycles. The van der Waals surface area contributed by atoms with Crippen LogP contribution in [-0.2, 0) is 4.79 Å². The zero-order valence-corrected chi connectivity index (χ0v) is 12.0. The highest BCUT2D eigenvalue weighted by Gasteiger charge is 2.23. The minimum atomic E-state index is -0.584. The average Bonchev–Trinajstić information content (AvgIpc) is 2.48. The first kappa shape index (κ1) is 14.6. The van der Waals surface area contributed by atoms with Crippen LogP contribution in [0.25, 0.3) is 0 Å². The van der Waals surface area contributed by atoms with Crippen molar-refractivity contribution in [3.8, 4) is 5.75 Å². The maximum atomic E-state index is 12.2. The number of hydrogen-bond acceptors (Lipinski definition) is 5. The van der Waals surface area contributed by atoms with Gasteiger partial charge in [-0.25, -0.2) is 0 Å². The van der Waals surface area contributed by atoms with E-state index in [9.17, 15) is 14.9 Å². The van der Waals surface area contributed by atoms with Crippen LogP contribution >= 0.6 is 11.8 Å². The van der Waals surface area contributed by atoms with Crippen LogP contribution in [0.15, 0.2) is 24.3 Å². The van der Waals surface area contributed by atoms with Crippen molar-refractivity contribution in [1.82, 2.24) is 4.90 Å². The Balaban J connectivity index is 1.94. The summed E-state index contributed by atoms with van der Waals surface area (Å²) in [5.41, 5.74) is 0.00406. The van der Waals surface area contributed by atoms with Crippen LogP contribution in [0.3, 0.4) is 0 Å². The number of benzene rings is 1. The summed E-state index contributed by atoms with van der Waals surface area (Å²) < 4.78 is 5.54. The molecule has 0 unspecified atom stereocenters. The molecule has 1 saturated heterocycles. The lowest BCUT2D eigenvalue weighted by molar-refractivity contribution is -0.384. The zero-order chi connectivity index (χ0) is 14.5. The van der Waals surface area contributed by atoms with Gasteiger partial charge in [-0.1, -0.05) is 0 Å². The molecule has 1 aromatic rings. The monoisotopic (exact) mass is 296 g/mol. The van der Waals surface area contributed by atoms with E-state index in [1.165, 1.54) is 24.3 Å². The summed E-state index contributed by atoms with van der Waals surface area (Å²) in [6, 6.07) is 5.75. The number of nitro benzene ring substituents is 1. The number of hydrogen-bond donors (Lipinski definition) is 0. The summed E-state index contributed by atoms with van der Waals surface area (Å²) in [6.07, 6.45) is -0.584. The van der Waals surface area contributed by atoms with Crippen LogP contribution < -0.4 is 4.74 Å². The van der Waals surface area contributed by atoms with Crippen molar-refractivity contribution in [3.63, 3.8) is 0 Å². The fourth-order valence-corrected chi connectivity index (χ4v) is 2.84. The quantitative estimate of drug-likeness (QED) is 0.627. The van der Waals surface area contributed by atoms with Gasteiger partial charge in [0.2, 0.25) is 0 Å². The minimum absolute atomic E-state index is 0.00406. The second kappa shape index (κ2) is 6.60. The molecule has 0 spiro atoms. The van der Waals surface area contributed by atoms with Crippen LogP contribution in [0.2, 0.25) is 0 Å². The highest BCUT2D eigenvalue weighted by atomic mass is 32.2. The van der Waals surface area contributed by atoms with Crippen molar-refractivity contribution in [2.24, 2.45) is 0 Å². The maximum Gasteiger partial charge on any atom is 0.269 e. The van der Waals surface area contributed by atoms with Crippen LogP contribution in [0, 0.1) is 10.1 Å². The molecule has 0 radical (unpaired) electrons. The van der Waals surface area contributed by atoms with Crippen LogP contribution in [0.1, 0.15) is 6.92 Å². The lowest BCUT2D eigenvalue weighted by Crippen LogP contribution is -2.44. The maximum absolute atomic E-state index is 12.2. The van der Waals surface area contributed by atoms with Crippen molar-refractivity contribution in [2.45, 2.75) is 13.0 Å². The summed E-state index contributed by atoms with van der Waals surface area (Å²) in [5.74, 6) is 2.33. The van der Waals surface area contributed by atoms with E-state index >= 15 is 0 Å². The van der Waals surface area contributed by atoms with Gasteiger partial charge in [-0.05, 0) is 19.1 Å². The number of carbonyl (C=O) groups is 1. The molecule has 6 nitrogen and oxygen atoms in total. The third-order valence-electron chi connectivity index (χ3n) is 3.03. The minimum Gasteiger partial charge on any atom is -0.481 e. The van der Waals surface area contributed by atoms with Gasteiger partial charge in [0.15, 0.2) is 6.10 Å². The molecule has 108 valence electrons. The predicted octanol–water partition coefficient (Wildman–Crippen LogP) is 1.94. The Bertz CT molecular complexity index is 486. The fourth-order valence-electron chi connectivity index (χ4n) is 1.94. The van der Waals surface area contributed by atoms with Crippen LogP contribution in [0.4, 0.5) is 5.69 Å².